The van der Waals surface area contributed by atoms with Crippen LogP contribution in [0.15, 0.2) is 24.3 Å². The molecule has 1 aromatic rings. The van der Waals surface area contributed by atoms with E-state index in [-0.39, 0.29) is 10.8 Å². The van der Waals surface area contributed by atoms with Crippen molar-refractivity contribution in [2.45, 2.75) is 31.6 Å². The minimum absolute atomic E-state index is 0.149. The third-order valence-electron chi connectivity index (χ3n) is 4.45. The highest BCUT2D eigenvalue weighted by Crippen LogP contribution is 2.72. The quantitative estimate of drug-likeness (QED) is 0.759. The summed E-state index contributed by atoms with van der Waals surface area (Å²) in [6.45, 7) is 2.24. The van der Waals surface area contributed by atoms with Crippen molar-refractivity contribution in [2.75, 3.05) is 7.11 Å². The molecule has 0 amide bonds. The van der Waals surface area contributed by atoms with Crippen LogP contribution in [0.25, 0.3) is 0 Å². The minimum atomic E-state index is 0.149. The minimum Gasteiger partial charge on any atom is -0.497 e. The number of fused-ring (bicyclic) bond motifs is 1. The SMILES string of the molecule is COc1ccc(C23CC(=O)CC2(C)C3)cc1. The summed E-state index contributed by atoms with van der Waals surface area (Å²) in [5.74, 6) is 1.30. The Labute approximate surface area is 95.6 Å². The van der Waals surface area contributed by atoms with Crippen molar-refractivity contribution < 1.29 is 9.53 Å². The largest absolute Gasteiger partial charge is 0.497 e. The Balaban J connectivity index is 1.96. The molecule has 2 unspecified atom stereocenters. The van der Waals surface area contributed by atoms with E-state index >= 15 is 0 Å². The summed E-state index contributed by atoms with van der Waals surface area (Å²) in [6.07, 6.45) is 2.66. The third-order valence-corrected chi connectivity index (χ3v) is 4.45. The van der Waals surface area contributed by atoms with E-state index in [4.69, 9.17) is 4.74 Å². The smallest absolute Gasteiger partial charge is 0.134 e. The molecule has 2 nitrogen and oxygen atoms in total. The molecular weight excluding hydrogens is 200 g/mol. The Morgan fingerprint density at radius 3 is 2.38 bits per heavy atom. The first-order valence-electron chi connectivity index (χ1n) is 5.76. The zero-order valence-electron chi connectivity index (χ0n) is 9.75. The van der Waals surface area contributed by atoms with E-state index in [0.717, 1.165) is 25.0 Å². The van der Waals surface area contributed by atoms with Gasteiger partial charge < -0.3 is 4.74 Å². The monoisotopic (exact) mass is 216 g/mol. The number of carbonyl (C=O) groups is 1. The average molecular weight is 216 g/mol. The number of carbonyl (C=O) groups excluding carboxylic acids is 1. The first-order valence-corrected chi connectivity index (χ1v) is 5.76. The van der Waals surface area contributed by atoms with Gasteiger partial charge in [0.1, 0.15) is 11.5 Å². The van der Waals surface area contributed by atoms with Crippen molar-refractivity contribution in [1.82, 2.24) is 0 Å². The summed E-state index contributed by atoms with van der Waals surface area (Å²) in [4.78, 5) is 11.6. The fourth-order valence-electron chi connectivity index (χ4n) is 3.43. The van der Waals surface area contributed by atoms with Crippen molar-refractivity contribution in [3.63, 3.8) is 0 Å². The number of rotatable bonds is 2. The zero-order chi connectivity index (χ0) is 11.4. The molecule has 0 heterocycles. The van der Waals surface area contributed by atoms with Crippen molar-refractivity contribution >= 4 is 5.78 Å². The second-order valence-corrected chi connectivity index (χ2v) is 5.44. The Morgan fingerprint density at radius 1 is 1.19 bits per heavy atom. The van der Waals surface area contributed by atoms with Gasteiger partial charge in [-0.25, -0.2) is 0 Å². The second kappa shape index (κ2) is 2.88. The van der Waals surface area contributed by atoms with Gasteiger partial charge in [-0.15, -0.1) is 0 Å². The molecule has 0 aromatic heterocycles. The highest BCUT2D eigenvalue weighted by atomic mass is 16.5. The number of benzene rings is 1. The van der Waals surface area contributed by atoms with Gasteiger partial charge in [0.15, 0.2) is 0 Å². The van der Waals surface area contributed by atoms with Gasteiger partial charge in [-0.2, -0.15) is 0 Å². The maximum absolute atomic E-state index is 11.6. The van der Waals surface area contributed by atoms with Gasteiger partial charge in [0.2, 0.25) is 0 Å². The number of hydrogen-bond donors (Lipinski definition) is 0. The van der Waals surface area contributed by atoms with Crippen LogP contribution in [0.3, 0.4) is 0 Å². The molecule has 2 fully saturated rings. The molecule has 0 radical (unpaired) electrons. The van der Waals surface area contributed by atoms with Gasteiger partial charge in [0.05, 0.1) is 7.11 Å². The predicted molar refractivity (Wildman–Crippen MR) is 61.6 cm³/mol. The van der Waals surface area contributed by atoms with E-state index in [0.29, 0.717) is 5.78 Å². The zero-order valence-corrected chi connectivity index (χ0v) is 9.75. The van der Waals surface area contributed by atoms with Gasteiger partial charge >= 0.3 is 0 Å². The molecular formula is C14H16O2. The molecule has 0 aliphatic heterocycles. The van der Waals surface area contributed by atoms with Gasteiger partial charge in [-0.3, -0.25) is 4.79 Å². The molecule has 84 valence electrons. The number of hydrogen-bond acceptors (Lipinski definition) is 2. The Morgan fingerprint density at radius 2 is 1.88 bits per heavy atom. The van der Waals surface area contributed by atoms with E-state index in [1.807, 2.05) is 12.1 Å². The van der Waals surface area contributed by atoms with E-state index in [1.54, 1.807) is 7.11 Å². The lowest BCUT2D eigenvalue weighted by Crippen LogP contribution is -2.10. The Kier molecular flexibility index (Phi) is 1.78. The highest BCUT2D eigenvalue weighted by Gasteiger charge is 2.69. The second-order valence-electron chi connectivity index (χ2n) is 5.44. The standard InChI is InChI=1S/C14H16O2/c1-13-7-11(15)8-14(13,9-13)10-3-5-12(16-2)6-4-10/h3-6H,7-9H2,1-2H3. The first kappa shape index (κ1) is 9.88. The molecule has 0 saturated heterocycles. The maximum Gasteiger partial charge on any atom is 0.134 e. The van der Waals surface area contributed by atoms with Crippen LogP contribution in [0, 0.1) is 5.41 Å². The summed E-state index contributed by atoms with van der Waals surface area (Å²) in [6, 6.07) is 8.21. The summed E-state index contributed by atoms with van der Waals surface area (Å²) in [5.41, 5.74) is 1.69. The van der Waals surface area contributed by atoms with Crippen LogP contribution in [-0.2, 0) is 10.2 Å². The van der Waals surface area contributed by atoms with E-state index in [2.05, 4.69) is 19.1 Å². The van der Waals surface area contributed by atoms with Crippen LogP contribution in [0.1, 0.15) is 31.7 Å². The van der Waals surface area contributed by atoms with Crippen LogP contribution in [0.2, 0.25) is 0 Å². The van der Waals surface area contributed by atoms with Crippen LogP contribution >= 0.6 is 0 Å². The van der Waals surface area contributed by atoms with Gasteiger partial charge in [-0.05, 0) is 29.5 Å². The summed E-state index contributed by atoms with van der Waals surface area (Å²) >= 11 is 0. The van der Waals surface area contributed by atoms with Gasteiger partial charge in [0.25, 0.3) is 0 Å². The molecule has 2 saturated carbocycles. The summed E-state index contributed by atoms with van der Waals surface area (Å²) in [5, 5.41) is 0. The summed E-state index contributed by atoms with van der Waals surface area (Å²) in [7, 11) is 1.67. The van der Waals surface area contributed by atoms with Crippen molar-refractivity contribution in [1.29, 1.82) is 0 Å². The number of ether oxygens (including phenoxy) is 1. The van der Waals surface area contributed by atoms with Crippen molar-refractivity contribution in [3.05, 3.63) is 29.8 Å². The topological polar surface area (TPSA) is 26.3 Å². The Bertz CT molecular complexity index is 448. The molecule has 2 aliphatic rings. The summed E-state index contributed by atoms with van der Waals surface area (Å²) < 4.78 is 5.16. The van der Waals surface area contributed by atoms with Crippen LogP contribution in [0.5, 0.6) is 5.75 Å². The number of Topliss-reactive ketones (excluding diaryl/α,β-unsaturated/α-hetero) is 1. The number of ketones is 1. The normalized spacial score (nSPS) is 36.0. The van der Waals surface area contributed by atoms with Crippen molar-refractivity contribution in [3.8, 4) is 5.75 Å². The lowest BCUT2D eigenvalue weighted by molar-refractivity contribution is -0.118. The Hall–Kier alpha value is -1.31. The molecule has 2 heteroatoms. The molecule has 1 aromatic carbocycles. The van der Waals surface area contributed by atoms with Gasteiger partial charge in [0, 0.05) is 18.3 Å². The molecule has 0 N–H and O–H groups in total. The molecule has 0 bridgehead atoms. The highest BCUT2D eigenvalue weighted by molar-refractivity contribution is 5.87. The maximum atomic E-state index is 11.6. The van der Waals surface area contributed by atoms with Crippen LogP contribution in [-0.4, -0.2) is 12.9 Å². The predicted octanol–water partition coefficient (Wildman–Crippen LogP) is 2.71. The molecule has 0 spiro atoms. The van der Waals surface area contributed by atoms with E-state index in [1.165, 1.54) is 5.56 Å². The average Bonchev–Trinajstić information content (AvgIpc) is 2.74. The molecule has 3 rings (SSSR count). The third kappa shape index (κ3) is 1.10. The molecule has 2 atom stereocenters. The van der Waals surface area contributed by atoms with Crippen molar-refractivity contribution in [2.24, 2.45) is 5.41 Å². The van der Waals surface area contributed by atoms with Crippen LogP contribution < -0.4 is 4.74 Å². The fraction of sp³-hybridized carbons (Fsp3) is 0.500. The lowest BCUT2D eigenvalue weighted by Gasteiger charge is -2.14. The van der Waals surface area contributed by atoms with E-state index in [9.17, 15) is 4.79 Å². The first-order chi connectivity index (χ1) is 7.60. The van der Waals surface area contributed by atoms with Gasteiger partial charge in [-0.1, -0.05) is 19.1 Å². The molecule has 2 aliphatic carbocycles. The lowest BCUT2D eigenvalue weighted by atomic mass is 9.89. The fourth-order valence-corrected chi connectivity index (χ4v) is 3.43. The molecule has 16 heavy (non-hydrogen) atoms. The van der Waals surface area contributed by atoms with Crippen LogP contribution in [0.4, 0.5) is 0 Å². The number of methoxy groups -OCH3 is 1. The van der Waals surface area contributed by atoms with E-state index < -0.39 is 0 Å².